The van der Waals surface area contributed by atoms with Crippen LogP contribution in [-0.2, 0) is 11.3 Å². The molecule has 4 heteroatoms. The van der Waals surface area contributed by atoms with E-state index in [0.29, 0.717) is 11.6 Å². The fourth-order valence-electron chi connectivity index (χ4n) is 1.72. The molecule has 1 fully saturated rings. The van der Waals surface area contributed by atoms with E-state index >= 15 is 0 Å². The second-order valence-electron chi connectivity index (χ2n) is 4.78. The van der Waals surface area contributed by atoms with Gasteiger partial charge in [0.1, 0.15) is 5.82 Å². The van der Waals surface area contributed by atoms with Gasteiger partial charge in [-0.25, -0.2) is 4.39 Å². The summed E-state index contributed by atoms with van der Waals surface area (Å²) in [6, 6.07) is 4.49. The van der Waals surface area contributed by atoms with Gasteiger partial charge in [0.25, 0.3) is 0 Å². The highest BCUT2D eigenvalue weighted by molar-refractivity contribution is 6.31. The van der Waals surface area contributed by atoms with Gasteiger partial charge in [0, 0.05) is 24.8 Å². The minimum absolute atomic E-state index is 0.294. The fraction of sp³-hybridized carbons (Fsp3) is 0.571. The Balaban J connectivity index is 1.53. The zero-order chi connectivity index (χ0) is 12.8. The predicted molar refractivity (Wildman–Crippen MR) is 71.3 cm³/mol. The van der Waals surface area contributed by atoms with Crippen molar-refractivity contribution in [3.63, 3.8) is 0 Å². The molecule has 0 atom stereocenters. The van der Waals surface area contributed by atoms with Crippen LogP contribution in [0.15, 0.2) is 18.2 Å². The Kier molecular flexibility index (Phi) is 5.42. The van der Waals surface area contributed by atoms with Gasteiger partial charge in [0.15, 0.2) is 0 Å². The Morgan fingerprint density at radius 1 is 1.39 bits per heavy atom. The Labute approximate surface area is 112 Å². The van der Waals surface area contributed by atoms with Crippen molar-refractivity contribution in [1.29, 1.82) is 0 Å². The molecule has 2 rings (SSSR count). The SMILES string of the molecule is Fc1ccc(CNCCCOCC2CC2)c(Cl)c1. The number of nitrogens with one attached hydrogen (secondary N) is 1. The molecule has 0 saturated heterocycles. The first kappa shape index (κ1) is 13.8. The van der Waals surface area contributed by atoms with E-state index in [2.05, 4.69) is 5.32 Å². The Hall–Kier alpha value is -0.640. The van der Waals surface area contributed by atoms with Crippen molar-refractivity contribution in [2.75, 3.05) is 19.8 Å². The summed E-state index contributed by atoms with van der Waals surface area (Å²) in [5.74, 6) is 0.535. The summed E-state index contributed by atoms with van der Waals surface area (Å²) in [7, 11) is 0. The molecule has 18 heavy (non-hydrogen) atoms. The van der Waals surface area contributed by atoms with Gasteiger partial charge in [0.05, 0.1) is 0 Å². The number of hydrogen-bond acceptors (Lipinski definition) is 2. The van der Waals surface area contributed by atoms with Crippen molar-refractivity contribution < 1.29 is 9.13 Å². The Bertz CT molecular complexity index is 382. The van der Waals surface area contributed by atoms with E-state index in [0.717, 1.165) is 37.7 Å². The van der Waals surface area contributed by atoms with Gasteiger partial charge >= 0.3 is 0 Å². The summed E-state index contributed by atoms with van der Waals surface area (Å²) < 4.78 is 18.4. The van der Waals surface area contributed by atoms with Crippen LogP contribution in [0.5, 0.6) is 0 Å². The zero-order valence-electron chi connectivity index (χ0n) is 10.4. The van der Waals surface area contributed by atoms with E-state index in [-0.39, 0.29) is 5.82 Å². The standard InChI is InChI=1S/C14H19ClFNO/c15-14-8-13(16)5-4-12(14)9-17-6-1-7-18-10-11-2-3-11/h4-5,8,11,17H,1-3,6-7,9-10H2. The van der Waals surface area contributed by atoms with Crippen LogP contribution in [0, 0.1) is 11.7 Å². The van der Waals surface area contributed by atoms with Crippen LogP contribution in [0.3, 0.4) is 0 Å². The van der Waals surface area contributed by atoms with E-state index in [1.165, 1.54) is 25.0 Å². The van der Waals surface area contributed by atoms with Crippen LogP contribution >= 0.6 is 11.6 Å². The van der Waals surface area contributed by atoms with E-state index < -0.39 is 0 Å². The lowest BCUT2D eigenvalue weighted by Gasteiger charge is -2.07. The molecule has 0 bridgehead atoms. The summed E-state index contributed by atoms with van der Waals surface area (Å²) in [6.45, 7) is 3.28. The number of rotatable bonds is 8. The van der Waals surface area contributed by atoms with Gasteiger partial charge in [-0.1, -0.05) is 17.7 Å². The van der Waals surface area contributed by atoms with Crippen molar-refractivity contribution in [3.8, 4) is 0 Å². The van der Waals surface area contributed by atoms with Gasteiger partial charge in [-0.2, -0.15) is 0 Å². The molecule has 1 saturated carbocycles. The molecule has 0 unspecified atom stereocenters. The third-order valence-electron chi connectivity index (χ3n) is 3.02. The molecule has 0 radical (unpaired) electrons. The zero-order valence-corrected chi connectivity index (χ0v) is 11.2. The summed E-state index contributed by atoms with van der Waals surface area (Å²) in [6.07, 6.45) is 3.66. The molecule has 1 aliphatic carbocycles. The van der Waals surface area contributed by atoms with E-state index in [1.807, 2.05) is 0 Å². The molecule has 0 spiro atoms. The molecular weight excluding hydrogens is 253 g/mol. The van der Waals surface area contributed by atoms with Gasteiger partial charge < -0.3 is 10.1 Å². The molecule has 1 aromatic carbocycles. The summed E-state index contributed by atoms with van der Waals surface area (Å²) in [4.78, 5) is 0. The lowest BCUT2D eigenvalue weighted by Crippen LogP contribution is -2.17. The van der Waals surface area contributed by atoms with Gasteiger partial charge in [0.2, 0.25) is 0 Å². The second-order valence-corrected chi connectivity index (χ2v) is 5.19. The lowest BCUT2D eigenvalue weighted by atomic mass is 10.2. The third kappa shape index (κ3) is 4.92. The molecule has 1 aliphatic rings. The smallest absolute Gasteiger partial charge is 0.124 e. The summed E-state index contributed by atoms with van der Waals surface area (Å²) in [5.41, 5.74) is 0.928. The average Bonchev–Trinajstić information content (AvgIpc) is 3.14. The first-order valence-electron chi connectivity index (χ1n) is 6.48. The van der Waals surface area contributed by atoms with Crippen LogP contribution in [0.25, 0.3) is 0 Å². The normalized spacial score (nSPS) is 15.0. The van der Waals surface area contributed by atoms with Crippen LogP contribution in [0.2, 0.25) is 5.02 Å². The minimum atomic E-state index is -0.294. The molecule has 2 nitrogen and oxygen atoms in total. The average molecular weight is 272 g/mol. The first-order valence-corrected chi connectivity index (χ1v) is 6.86. The quantitative estimate of drug-likeness (QED) is 0.732. The number of halogens is 2. The molecule has 0 aromatic heterocycles. The van der Waals surface area contributed by atoms with Crippen molar-refractivity contribution in [3.05, 3.63) is 34.6 Å². The van der Waals surface area contributed by atoms with Crippen LogP contribution in [-0.4, -0.2) is 19.8 Å². The fourth-order valence-corrected chi connectivity index (χ4v) is 1.96. The monoisotopic (exact) mass is 271 g/mol. The van der Waals surface area contributed by atoms with Crippen LogP contribution < -0.4 is 5.32 Å². The van der Waals surface area contributed by atoms with Crippen LogP contribution in [0.1, 0.15) is 24.8 Å². The molecule has 100 valence electrons. The topological polar surface area (TPSA) is 21.3 Å². The molecular formula is C14H19ClFNO. The van der Waals surface area contributed by atoms with Crippen molar-refractivity contribution in [2.24, 2.45) is 5.92 Å². The molecule has 1 aromatic rings. The van der Waals surface area contributed by atoms with E-state index in [9.17, 15) is 4.39 Å². The van der Waals surface area contributed by atoms with E-state index in [4.69, 9.17) is 16.3 Å². The van der Waals surface area contributed by atoms with Crippen LogP contribution in [0.4, 0.5) is 4.39 Å². The Morgan fingerprint density at radius 3 is 2.94 bits per heavy atom. The van der Waals surface area contributed by atoms with Gasteiger partial charge in [-0.05, 0) is 49.4 Å². The molecule has 0 aliphatic heterocycles. The highest BCUT2D eigenvalue weighted by Gasteiger charge is 2.20. The lowest BCUT2D eigenvalue weighted by molar-refractivity contribution is 0.122. The maximum absolute atomic E-state index is 12.8. The number of benzene rings is 1. The van der Waals surface area contributed by atoms with E-state index in [1.54, 1.807) is 6.07 Å². The summed E-state index contributed by atoms with van der Waals surface area (Å²) in [5, 5.41) is 3.76. The van der Waals surface area contributed by atoms with Crippen molar-refractivity contribution in [2.45, 2.75) is 25.8 Å². The Morgan fingerprint density at radius 2 is 2.22 bits per heavy atom. The number of hydrogen-bond donors (Lipinski definition) is 1. The maximum atomic E-state index is 12.8. The minimum Gasteiger partial charge on any atom is -0.381 e. The number of ether oxygens (including phenoxy) is 1. The van der Waals surface area contributed by atoms with Crippen molar-refractivity contribution in [1.82, 2.24) is 5.32 Å². The second kappa shape index (κ2) is 7.07. The molecule has 0 heterocycles. The predicted octanol–water partition coefficient (Wildman–Crippen LogP) is 3.39. The third-order valence-corrected chi connectivity index (χ3v) is 3.38. The van der Waals surface area contributed by atoms with Gasteiger partial charge in [-0.15, -0.1) is 0 Å². The maximum Gasteiger partial charge on any atom is 0.124 e. The summed E-state index contributed by atoms with van der Waals surface area (Å²) >= 11 is 5.93. The molecule has 1 N–H and O–H groups in total. The first-order chi connectivity index (χ1) is 8.75. The highest BCUT2D eigenvalue weighted by Crippen LogP contribution is 2.28. The van der Waals surface area contributed by atoms with Gasteiger partial charge in [-0.3, -0.25) is 0 Å². The molecule has 0 amide bonds. The van der Waals surface area contributed by atoms with Crippen molar-refractivity contribution >= 4 is 11.6 Å². The largest absolute Gasteiger partial charge is 0.381 e. The highest BCUT2D eigenvalue weighted by atomic mass is 35.5.